The number of nitrogens with two attached hydrogens (primary N) is 1. The van der Waals surface area contributed by atoms with Crippen molar-refractivity contribution in [1.29, 1.82) is 0 Å². The summed E-state index contributed by atoms with van der Waals surface area (Å²) in [6, 6.07) is -0.983. The summed E-state index contributed by atoms with van der Waals surface area (Å²) in [6.07, 6.45) is 0.492. The third-order valence-corrected chi connectivity index (χ3v) is 9.94. The lowest BCUT2D eigenvalue weighted by Crippen LogP contribution is -2.42. The van der Waals surface area contributed by atoms with Crippen LogP contribution in [0.1, 0.15) is 27.2 Å². The Kier molecular flexibility index (Phi) is 8.36. The van der Waals surface area contributed by atoms with E-state index in [1.165, 1.54) is 13.0 Å². The van der Waals surface area contributed by atoms with Crippen LogP contribution >= 0.6 is 11.8 Å². The zero-order valence-corrected chi connectivity index (χ0v) is 20.0. The average molecular weight is 513 g/mol. The lowest BCUT2D eigenvalue weighted by molar-refractivity contribution is -0.158. The summed E-state index contributed by atoms with van der Waals surface area (Å²) < 4.78 is 62.9. The molecule has 2 rings (SSSR count). The smallest absolute Gasteiger partial charge is 0.410 e. The van der Waals surface area contributed by atoms with Crippen LogP contribution in [0.5, 0.6) is 0 Å². The van der Waals surface area contributed by atoms with Crippen molar-refractivity contribution < 1.29 is 45.4 Å². The number of likely N-dealkylation sites (N-methyl/N-ethyl adjacent to an activating group) is 1. The van der Waals surface area contributed by atoms with Crippen molar-refractivity contribution in [2.75, 3.05) is 26.4 Å². The van der Waals surface area contributed by atoms with Crippen molar-refractivity contribution in [2.24, 2.45) is 5.14 Å². The van der Waals surface area contributed by atoms with Crippen LogP contribution in [-0.2, 0) is 43.7 Å². The second kappa shape index (κ2) is 10.2. The minimum atomic E-state index is -4.22. The van der Waals surface area contributed by atoms with E-state index in [0.29, 0.717) is 17.3 Å². The van der Waals surface area contributed by atoms with E-state index in [4.69, 9.17) is 14.6 Å². The van der Waals surface area contributed by atoms with Crippen LogP contribution in [0.15, 0.2) is 20.1 Å². The first kappa shape index (κ1) is 26.2. The van der Waals surface area contributed by atoms with E-state index < -0.39 is 55.8 Å². The summed E-state index contributed by atoms with van der Waals surface area (Å²) in [5.74, 6) is -1.48. The van der Waals surface area contributed by atoms with Gasteiger partial charge in [0, 0.05) is 13.5 Å². The van der Waals surface area contributed by atoms with Gasteiger partial charge in [0.2, 0.25) is 10.0 Å². The standard InChI is InChI=1S/C17H24N2O10S3/c1-4-19(17(22)28-6-5-27-14(21)9-29-11(3)20)13-8-15(32(18,25)26)30-16-12(13)7-10(2)31(16,23)24/h8,10,13H,4-7,9H2,1-3H3,(H2,18,25,26)/t10-,13-/m0/s1. The molecule has 0 bridgehead atoms. The number of ether oxygens (including phenoxy) is 3. The number of sulfonamides is 1. The summed E-state index contributed by atoms with van der Waals surface area (Å²) in [4.78, 5) is 35.8. The molecule has 0 spiro atoms. The van der Waals surface area contributed by atoms with E-state index >= 15 is 0 Å². The van der Waals surface area contributed by atoms with Gasteiger partial charge in [-0.1, -0.05) is 11.8 Å². The van der Waals surface area contributed by atoms with Gasteiger partial charge >= 0.3 is 18.0 Å². The molecule has 12 nitrogen and oxygen atoms in total. The molecule has 180 valence electrons. The highest BCUT2D eigenvalue weighted by atomic mass is 32.3. The van der Waals surface area contributed by atoms with Gasteiger partial charge in [-0.25, -0.2) is 31.6 Å². The lowest BCUT2D eigenvalue weighted by atomic mass is 10.0. The molecule has 0 aromatic rings. The Bertz CT molecular complexity index is 1060. The monoisotopic (exact) mass is 512 g/mol. The molecular formula is C17H24N2O10S3. The predicted octanol–water partition coefficient (Wildman–Crippen LogP) is 0.215. The highest BCUT2D eigenvalue weighted by Crippen LogP contribution is 2.48. The Morgan fingerprint density at radius 2 is 1.84 bits per heavy atom. The fourth-order valence-corrected chi connectivity index (χ4v) is 7.50. The van der Waals surface area contributed by atoms with Crippen LogP contribution in [0.25, 0.3) is 0 Å². The molecule has 15 heteroatoms. The molecule has 0 unspecified atom stereocenters. The topological polar surface area (TPSA) is 176 Å². The molecule has 0 saturated heterocycles. The van der Waals surface area contributed by atoms with E-state index in [-0.39, 0.29) is 34.7 Å². The minimum absolute atomic E-state index is 0.0695. The van der Waals surface area contributed by atoms with Gasteiger partial charge in [0.1, 0.15) is 21.7 Å². The predicted molar refractivity (Wildman–Crippen MR) is 114 cm³/mol. The number of rotatable bonds is 8. The Balaban J connectivity index is 2.14. The maximum Gasteiger partial charge on any atom is 0.410 e. The van der Waals surface area contributed by atoms with Crippen LogP contribution in [0, 0.1) is 0 Å². The van der Waals surface area contributed by atoms with Crippen LogP contribution in [0.4, 0.5) is 4.79 Å². The zero-order valence-electron chi connectivity index (χ0n) is 17.6. The molecule has 2 aliphatic rings. The van der Waals surface area contributed by atoms with E-state index in [2.05, 4.69) is 4.74 Å². The second-order valence-electron chi connectivity index (χ2n) is 6.85. The molecule has 2 atom stereocenters. The van der Waals surface area contributed by atoms with Gasteiger partial charge in [0.25, 0.3) is 0 Å². The molecule has 0 aromatic carbocycles. The number of sulfone groups is 1. The van der Waals surface area contributed by atoms with E-state index in [1.807, 2.05) is 0 Å². The van der Waals surface area contributed by atoms with Crippen molar-refractivity contribution >= 4 is 49.7 Å². The minimum Gasteiger partial charge on any atom is -0.460 e. The molecule has 2 aliphatic heterocycles. The molecule has 0 aliphatic carbocycles. The van der Waals surface area contributed by atoms with Gasteiger partial charge in [-0.15, -0.1) is 0 Å². The third kappa shape index (κ3) is 6.02. The molecule has 0 aromatic heterocycles. The largest absolute Gasteiger partial charge is 0.460 e. The van der Waals surface area contributed by atoms with Crippen LogP contribution in [-0.4, -0.2) is 77.4 Å². The Morgan fingerprint density at radius 3 is 2.41 bits per heavy atom. The number of thioether (sulfide) groups is 1. The van der Waals surface area contributed by atoms with Gasteiger partial charge in [0.05, 0.1) is 11.3 Å². The van der Waals surface area contributed by atoms with Gasteiger partial charge in [-0.3, -0.25) is 9.69 Å². The molecule has 32 heavy (non-hydrogen) atoms. The number of nitrogens with zero attached hydrogens (tertiary/aromatic N) is 1. The molecule has 0 fully saturated rings. The third-order valence-electron chi connectivity index (χ3n) is 4.56. The fourth-order valence-electron chi connectivity index (χ4n) is 3.03. The number of amides is 1. The maximum absolute atomic E-state index is 12.6. The number of primary sulfonamides is 1. The summed E-state index contributed by atoms with van der Waals surface area (Å²) >= 11 is 0.562. The molecular weight excluding hydrogens is 488 g/mol. The molecule has 0 saturated carbocycles. The van der Waals surface area contributed by atoms with E-state index in [0.717, 1.165) is 11.8 Å². The van der Waals surface area contributed by atoms with Crippen molar-refractivity contribution in [3.05, 3.63) is 20.1 Å². The van der Waals surface area contributed by atoms with E-state index in [9.17, 15) is 31.2 Å². The Morgan fingerprint density at radius 1 is 1.22 bits per heavy atom. The highest BCUT2D eigenvalue weighted by Gasteiger charge is 2.45. The molecule has 0 radical (unpaired) electrons. The van der Waals surface area contributed by atoms with Crippen molar-refractivity contribution in [3.8, 4) is 0 Å². The average Bonchev–Trinajstić information content (AvgIpc) is 2.92. The number of carbonyl (C=O) groups is 3. The molecule has 1 amide bonds. The van der Waals surface area contributed by atoms with Crippen LogP contribution < -0.4 is 5.14 Å². The highest BCUT2D eigenvalue weighted by molar-refractivity contribution is 8.27. The van der Waals surface area contributed by atoms with Gasteiger partial charge < -0.3 is 14.2 Å². The summed E-state index contributed by atoms with van der Waals surface area (Å²) in [5.41, 5.74) is 0.390. The fraction of sp³-hybridized carbons (Fsp3) is 0.588. The SMILES string of the molecule is CCN(C(=O)OCCOC(=O)COC(C)=O)[C@H]1C=C(S(N)(=O)=O)SC2=C1C[C@H](C)S2(=O)=O. The van der Waals surface area contributed by atoms with Crippen molar-refractivity contribution in [1.82, 2.24) is 4.90 Å². The van der Waals surface area contributed by atoms with Crippen LogP contribution in [0.3, 0.4) is 0 Å². The first-order chi connectivity index (χ1) is 14.8. The van der Waals surface area contributed by atoms with Gasteiger partial charge in [-0.2, -0.15) is 0 Å². The number of hydrogen-bond acceptors (Lipinski definition) is 11. The van der Waals surface area contributed by atoms with Crippen molar-refractivity contribution in [2.45, 2.75) is 38.5 Å². The second-order valence-corrected chi connectivity index (χ2v) is 12.3. The first-order valence-corrected chi connectivity index (χ1v) is 13.3. The molecule has 2 N–H and O–H groups in total. The van der Waals surface area contributed by atoms with Crippen molar-refractivity contribution in [3.63, 3.8) is 0 Å². The zero-order chi connectivity index (χ0) is 24.3. The summed E-state index contributed by atoms with van der Waals surface area (Å²) in [5, 5.41) is 4.44. The lowest BCUT2D eigenvalue weighted by Gasteiger charge is -2.31. The Labute approximate surface area is 190 Å². The van der Waals surface area contributed by atoms with Gasteiger partial charge in [0.15, 0.2) is 16.4 Å². The number of esters is 2. The summed E-state index contributed by atoms with van der Waals surface area (Å²) in [6.45, 7) is 3.11. The maximum atomic E-state index is 12.6. The number of hydrogen-bond donors (Lipinski definition) is 1. The molecule has 2 heterocycles. The summed E-state index contributed by atoms with van der Waals surface area (Å²) in [7, 11) is -7.97. The van der Waals surface area contributed by atoms with Gasteiger partial charge in [-0.05, 0) is 31.9 Å². The number of carbonyl (C=O) groups excluding carboxylic acids is 3. The normalized spacial score (nSPS) is 21.9. The first-order valence-electron chi connectivity index (χ1n) is 9.40. The van der Waals surface area contributed by atoms with E-state index in [1.54, 1.807) is 6.92 Å². The quantitative estimate of drug-likeness (QED) is 0.267. The van der Waals surface area contributed by atoms with Crippen LogP contribution in [0.2, 0.25) is 0 Å². The Hall–Kier alpha value is -2.10.